The Balaban J connectivity index is 1.05. The number of hydrogen-bond donors (Lipinski definition) is 2. The largest absolute Gasteiger partial charge is 0.493 e. The fourth-order valence-corrected chi connectivity index (χ4v) is 5.97. The highest BCUT2D eigenvalue weighted by Gasteiger charge is 2.28. The van der Waals surface area contributed by atoms with Gasteiger partial charge in [0.05, 0.1) is 12.6 Å². The number of benzene rings is 3. The molecule has 1 aliphatic heterocycles. The fraction of sp³-hybridized carbons (Fsp3) is 0.361. The minimum Gasteiger partial charge on any atom is -0.493 e. The van der Waals surface area contributed by atoms with Gasteiger partial charge in [0.1, 0.15) is 29.7 Å². The zero-order valence-electron chi connectivity index (χ0n) is 26.0. The van der Waals surface area contributed by atoms with Gasteiger partial charge < -0.3 is 30.0 Å². The molecule has 3 N–H and O–H groups in total. The summed E-state index contributed by atoms with van der Waals surface area (Å²) in [5.74, 6) is 1.96. The third kappa shape index (κ3) is 7.75. The second kappa shape index (κ2) is 14.6. The molecule has 4 aromatic rings. The SMILES string of the molecule is COc1cc2c(Oc3ccc(NC(=O)c4ccccc4)cc3)ccnc2cc1OC1CCN(CC[C@H](N)C(=O)OC2CCCC2)C1. The minimum atomic E-state index is -0.609. The Morgan fingerprint density at radius 3 is 2.50 bits per heavy atom. The third-order valence-electron chi connectivity index (χ3n) is 8.53. The Labute approximate surface area is 268 Å². The molecule has 1 amide bonds. The molecule has 0 radical (unpaired) electrons. The van der Waals surface area contributed by atoms with Crippen molar-refractivity contribution in [1.29, 1.82) is 0 Å². The Morgan fingerprint density at radius 1 is 0.957 bits per heavy atom. The van der Waals surface area contributed by atoms with Crippen LogP contribution in [0.4, 0.5) is 5.69 Å². The van der Waals surface area contributed by atoms with E-state index in [1.807, 2.05) is 30.3 Å². The summed E-state index contributed by atoms with van der Waals surface area (Å²) in [4.78, 5) is 31.7. The molecule has 240 valence electrons. The summed E-state index contributed by atoms with van der Waals surface area (Å²) in [6, 6.07) is 21.2. The number of nitrogens with one attached hydrogen (secondary N) is 1. The van der Waals surface area contributed by atoms with Gasteiger partial charge in [0, 0.05) is 48.5 Å². The van der Waals surface area contributed by atoms with Crippen LogP contribution in [0.15, 0.2) is 79.0 Å². The van der Waals surface area contributed by atoms with Crippen LogP contribution < -0.4 is 25.3 Å². The summed E-state index contributed by atoms with van der Waals surface area (Å²) in [5, 5.41) is 3.68. The van der Waals surface area contributed by atoms with E-state index in [-0.39, 0.29) is 24.1 Å². The highest BCUT2D eigenvalue weighted by atomic mass is 16.5. The Hall–Kier alpha value is -4.67. The van der Waals surface area contributed by atoms with Gasteiger partial charge in [-0.05, 0) is 87.1 Å². The summed E-state index contributed by atoms with van der Waals surface area (Å²) >= 11 is 0. The van der Waals surface area contributed by atoms with Crippen molar-refractivity contribution in [2.24, 2.45) is 5.73 Å². The zero-order chi connectivity index (χ0) is 31.9. The summed E-state index contributed by atoms with van der Waals surface area (Å²) in [7, 11) is 1.61. The number of pyridine rings is 1. The number of carbonyl (C=O) groups excluding carboxylic acids is 2. The van der Waals surface area contributed by atoms with Gasteiger partial charge in [-0.1, -0.05) is 18.2 Å². The topological polar surface area (TPSA) is 125 Å². The van der Waals surface area contributed by atoms with Crippen LogP contribution in [-0.2, 0) is 9.53 Å². The molecule has 2 fully saturated rings. The van der Waals surface area contributed by atoms with Crippen LogP contribution in [0.3, 0.4) is 0 Å². The smallest absolute Gasteiger partial charge is 0.323 e. The van der Waals surface area contributed by atoms with Gasteiger partial charge in [0.2, 0.25) is 0 Å². The van der Waals surface area contributed by atoms with Crippen molar-refractivity contribution < 1.29 is 28.5 Å². The van der Waals surface area contributed by atoms with E-state index in [4.69, 9.17) is 24.7 Å². The zero-order valence-corrected chi connectivity index (χ0v) is 26.0. The van der Waals surface area contributed by atoms with E-state index in [1.165, 1.54) is 0 Å². The van der Waals surface area contributed by atoms with Gasteiger partial charge >= 0.3 is 5.97 Å². The molecule has 46 heavy (non-hydrogen) atoms. The van der Waals surface area contributed by atoms with Crippen molar-refractivity contribution in [3.05, 3.63) is 84.6 Å². The Morgan fingerprint density at radius 2 is 1.74 bits per heavy atom. The number of esters is 1. The number of anilines is 1. The van der Waals surface area contributed by atoms with Crippen molar-refractivity contribution in [2.75, 3.05) is 32.1 Å². The van der Waals surface area contributed by atoms with E-state index >= 15 is 0 Å². The van der Waals surface area contributed by atoms with Crippen LogP contribution >= 0.6 is 0 Å². The number of methoxy groups -OCH3 is 1. The van der Waals surface area contributed by atoms with Crippen LogP contribution in [-0.4, -0.2) is 66.8 Å². The van der Waals surface area contributed by atoms with Gasteiger partial charge in [-0.2, -0.15) is 0 Å². The third-order valence-corrected chi connectivity index (χ3v) is 8.53. The number of fused-ring (bicyclic) bond motifs is 1. The number of nitrogens with zero attached hydrogens (tertiary/aromatic N) is 2. The molecule has 0 bridgehead atoms. The monoisotopic (exact) mass is 624 g/mol. The van der Waals surface area contributed by atoms with Crippen molar-refractivity contribution in [1.82, 2.24) is 9.88 Å². The van der Waals surface area contributed by atoms with Crippen molar-refractivity contribution in [3.8, 4) is 23.0 Å². The molecule has 1 aliphatic carbocycles. The van der Waals surface area contributed by atoms with Crippen LogP contribution in [0.25, 0.3) is 10.9 Å². The maximum atomic E-state index is 12.5. The van der Waals surface area contributed by atoms with E-state index in [1.54, 1.807) is 55.8 Å². The molecule has 3 aromatic carbocycles. The minimum absolute atomic E-state index is 0.0321. The lowest BCUT2D eigenvalue weighted by atomic mass is 10.1. The highest BCUT2D eigenvalue weighted by molar-refractivity contribution is 6.04. The van der Waals surface area contributed by atoms with E-state index in [2.05, 4.69) is 15.2 Å². The number of likely N-dealkylation sites (tertiary alicyclic amines) is 1. The van der Waals surface area contributed by atoms with E-state index < -0.39 is 6.04 Å². The average Bonchev–Trinajstić information content (AvgIpc) is 3.77. The van der Waals surface area contributed by atoms with Gasteiger partial charge in [-0.25, -0.2) is 0 Å². The molecule has 10 heteroatoms. The summed E-state index contributed by atoms with van der Waals surface area (Å²) < 4.78 is 23.9. The van der Waals surface area contributed by atoms with Gasteiger partial charge in [0.15, 0.2) is 11.5 Å². The summed E-state index contributed by atoms with van der Waals surface area (Å²) in [6.07, 6.45) is 7.20. The normalized spacial score (nSPS) is 17.5. The Bertz CT molecular complexity index is 1640. The molecule has 1 saturated carbocycles. The number of rotatable bonds is 12. The van der Waals surface area contributed by atoms with E-state index in [0.29, 0.717) is 52.7 Å². The number of hydrogen-bond acceptors (Lipinski definition) is 9. The predicted molar refractivity (Wildman–Crippen MR) is 176 cm³/mol. The van der Waals surface area contributed by atoms with Gasteiger partial charge in [0.25, 0.3) is 5.91 Å². The molecular weight excluding hydrogens is 584 g/mol. The van der Waals surface area contributed by atoms with E-state index in [9.17, 15) is 9.59 Å². The average molecular weight is 625 g/mol. The second-order valence-electron chi connectivity index (χ2n) is 11.8. The first-order valence-corrected chi connectivity index (χ1v) is 15.9. The van der Waals surface area contributed by atoms with Crippen LogP contribution in [0, 0.1) is 0 Å². The lowest BCUT2D eigenvalue weighted by Crippen LogP contribution is -2.38. The quantitative estimate of drug-likeness (QED) is 0.184. The highest BCUT2D eigenvalue weighted by Crippen LogP contribution is 2.38. The lowest BCUT2D eigenvalue weighted by molar-refractivity contribution is -0.150. The maximum Gasteiger partial charge on any atom is 0.323 e. The van der Waals surface area contributed by atoms with Crippen LogP contribution in [0.1, 0.15) is 48.9 Å². The number of carbonyl (C=O) groups is 2. The number of amides is 1. The van der Waals surface area contributed by atoms with Crippen LogP contribution in [0.2, 0.25) is 0 Å². The Kier molecular flexibility index (Phi) is 9.95. The molecule has 2 aliphatic rings. The van der Waals surface area contributed by atoms with E-state index in [0.717, 1.165) is 50.6 Å². The molecule has 10 nitrogen and oxygen atoms in total. The molecule has 0 spiro atoms. The molecule has 6 rings (SSSR count). The number of ether oxygens (including phenoxy) is 4. The van der Waals surface area contributed by atoms with Crippen molar-refractivity contribution in [3.63, 3.8) is 0 Å². The summed E-state index contributed by atoms with van der Waals surface area (Å²) in [5.41, 5.74) is 8.11. The lowest BCUT2D eigenvalue weighted by Gasteiger charge is -2.20. The second-order valence-corrected chi connectivity index (χ2v) is 11.8. The van der Waals surface area contributed by atoms with Crippen molar-refractivity contribution >= 4 is 28.5 Å². The van der Waals surface area contributed by atoms with Crippen LogP contribution in [0.5, 0.6) is 23.0 Å². The fourth-order valence-electron chi connectivity index (χ4n) is 5.97. The first kappa shape index (κ1) is 31.3. The summed E-state index contributed by atoms with van der Waals surface area (Å²) in [6.45, 7) is 2.29. The molecule has 2 heterocycles. The van der Waals surface area contributed by atoms with Crippen molar-refractivity contribution in [2.45, 2.75) is 56.8 Å². The predicted octanol–water partition coefficient (Wildman–Crippen LogP) is 5.94. The van der Waals surface area contributed by atoms with Gasteiger partial charge in [-0.15, -0.1) is 0 Å². The molecule has 1 saturated heterocycles. The number of nitrogens with two attached hydrogens (primary N) is 1. The standard InChI is InChI=1S/C36H40N4O6/c1-43-33-21-29-31(22-34(33)45-28-16-19-40(23-28)20-17-30(37)36(42)46-26-9-5-6-10-26)38-18-15-32(29)44-27-13-11-25(12-14-27)39-35(41)24-7-3-2-4-8-24/h2-4,7-8,11-15,18,21-22,26,28,30H,5-6,9-10,16-17,19-20,23,37H2,1H3,(H,39,41)/t28?,30-/m0/s1. The first-order valence-electron chi connectivity index (χ1n) is 15.9. The van der Waals surface area contributed by atoms with Gasteiger partial charge in [-0.3, -0.25) is 19.5 Å². The first-order chi connectivity index (χ1) is 22.4. The molecule has 1 unspecified atom stereocenters. The molecular formula is C36H40N4O6. The molecule has 1 aromatic heterocycles. The maximum absolute atomic E-state index is 12.5. The molecule has 2 atom stereocenters. The number of aromatic nitrogens is 1.